The Morgan fingerprint density at radius 2 is 1.95 bits per heavy atom. The van der Waals surface area contributed by atoms with Gasteiger partial charge in [0, 0.05) is 29.4 Å². The van der Waals surface area contributed by atoms with Crippen LogP contribution in [0, 0.1) is 12.7 Å². The summed E-state index contributed by atoms with van der Waals surface area (Å²) >= 11 is 0. The molecule has 9 heteroatoms. The van der Waals surface area contributed by atoms with Crippen LogP contribution >= 0.6 is 0 Å². The van der Waals surface area contributed by atoms with E-state index in [1.54, 1.807) is 12.1 Å². The van der Waals surface area contributed by atoms with Crippen LogP contribution in [0.3, 0.4) is 0 Å². The molecule has 212 valence electrons. The van der Waals surface area contributed by atoms with E-state index in [-0.39, 0.29) is 29.9 Å². The van der Waals surface area contributed by atoms with Crippen LogP contribution < -0.4 is 14.2 Å². The third kappa shape index (κ3) is 5.94. The Hall–Kier alpha value is -3.59. The summed E-state index contributed by atoms with van der Waals surface area (Å²) in [6.45, 7) is 2.65. The lowest BCUT2D eigenvalue weighted by molar-refractivity contribution is -0.141. The molecule has 1 aliphatic carbocycles. The van der Waals surface area contributed by atoms with Crippen LogP contribution in [0.1, 0.15) is 53.5 Å². The summed E-state index contributed by atoms with van der Waals surface area (Å²) in [6, 6.07) is 14.6. The van der Waals surface area contributed by atoms with Crippen molar-refractivity contribution in [2.45, 2.75) is 44.6 Å². The van der Waals surface area contributed by atoms with Gasteiger partial charge in [0.25, 0.3) is 0 Å². The van der Waals surface area contributed by atoms with Crippen molar-refractivity contribution in [1.82, 2.24) is 0 Å². The predicted molar refractivity (Wildman–Crippen MR) is 149 cm³/mol. The van der Waals surface area contributed by atoms with Crippen molar-refractivity contribution in [1.29, 1.82) is 0 Å². The number of sulfone groups is 1. The Balaban J connectivity index is 1.35. The molecule has 0 radical (unpaired) electrons. The lowest BCUT2D eigenvalue weighted by Gasteiger charge is -2.18. The molecule has 0 N–H and O–H groups in total. The van der Waals surface area contributed by atoms with Crippen LogP contribution in [0.25, 0.3) is 11.1 Å². The molecule has 0 fully saturated rings. The zero-order valence-electron chi connectivity index (χ0n) is 22.9. The first-order chi connectivity index (χ1) is 19.1. The lowest BCUT2D eigenvalue weighted by Crippen LogP contribution is -2.09. The molecule has 0 bridgehead atoms. The monoisotopic (exact) mass is 568 g/mol. The first-order valence-corrected chi connectivity index (χ1v) is 15.4. The van der Waals surface area contributed by atoms with Crippen LogP contribution in [0.5, 0.6) is 17.2 Å². The fourth-order valence-corrected chi connectivity index (χ4v) is 6.20. The number of esters is 1. The van der Waals surface area contributed by atoms with Gasteiger partial charge in [-0.15, -0.1) is 0 Å². The van der Waals surface area contributed by atoms with E-state index in [2.05, 4.69) is 0 Å². The Kier molecular flexibility index (Phi) is 8.03. The average Bonchev–Trinajstić information content (AvgIpc) is 3.52. The number of rotatable bonds is 10. The minimum absolute atomic E-state index is 0.0635. The molecule has 0 spiro atoms. The molecule has 2 unspecified atom stereocenters. The Morgan fingerprint density at radius 1 is 1.12 bits per heavy atom. The highest BCUT2D eigenvalue weighted by Crippen LogP contribution is 2.45. The Bertz CT molecular complexity index is 1530. The van der Waals surface area contributed by atoms with E-state index >= 15 is 4.39 Å². The van der Waals surface area contributed by atoms with Crippen LogP contribution in [0.2, 0.25) is 0 Å². The molecular weight excluding hydrogens is 535 g/mol. The fourth-order valence-electron chi connectivity index (χ4n) is 5.56. The Morgan fingerprint density at radius 3 is 2.73 bits per heavy atom. The van der Waals surface area contributed by atoms with E-state index in [1.165, 1.54) is 19.4 Å². The third-order valence-corrected chi connectivity index (χ3v) is 8.59. The van der Waals surface area contributed by atoms with Gasteiger partial charge in [0.05, 0.1) is 32.5 Å². The van der Waals surface area contributed by atoms with Gasteiger partial charge in [0.15, 0.2) is 0 Å². The maximum absolute atomic E-state index is 15.2. The predicted octanol–water partition coefficient (Wildman–Crippen LogP) is 5.72. The highest BCUT2D eigenvalue weighted by Gasteiger charge is 2.32. The number of carbonyl (C=O) groups excluding carboxylic acids is 1. The molecule has 2 atom stereocenters. The van der Waals surface area contributed by atoms with Gasteiger partial charge in [0.1, 0.15) is 39.0 Å². The number of hydrogen-bond acceptors (Lipinski definition) is 7. The summed E-state index contributed by atoms with van der Waals surface area (Å²) in [5.41, 5.74) is 5.20. The number of carbonyl (C=O) groups is 1. The van der Waals surface area contributed by atoms with Gasteiger partial charge in [-0.25, -0.2) is 12.8 Å². The van der Waals surface area contributed by atoms with Crippen LogP contribution in [0.4, 0.5) is 4.39 Å². The van der Waals surface area contributed by atoms with E-state index < -0.39 is 15.9 Å². The third-order valence-electron chi connectivity index (χ3n) is 7.56. The Labute approximate surface area is 234 Å². The fraction of sp³-hybridized carbons (Fsp3) is 0.387. The van der Waals surface area contributed by atoms with Crippen LogP contribution in [-0.2, 0) is 25.8 Å². The summed E-state index contributed by atoms with van der Waals surface area (Å²) in [5, 5.41) is 0. The largest absolute Gasteiger partial charge is 0.493 e. The van der Waals surface area contributed by atoms with Crippen LogP contribution in [-0.4, -0.2) is 46.7 Å². The summed E-state index contributed by atoms with van der Waals surface area (Å²) in [4.78, 5) is 11.7. The standard InChI is InChI=1S/C31H33FO7S/c1-19-22(6-4-7-27(19)37-14-5-15-40(3,34)35)24-10-12-26(32)31-25(24)11-13-28(31)39-21-8-9-23-20(16-30(33)36-2)18-38-29(23)17-21/h4,6-10,12,17,20,28H,5,11,13-16,18H2,1-3H3. The zero-order valence-corrected chi connectivity index (χ0v) is 23.7. The molecule has 2 aliphatic rings. The molecule has 3 aromatic carbocycles. The van der Waals surface area contributed by atoms with Crippen molar-refractivity contribution < 1.29 is 36.6 Å². The number of methoxy groups -OCH3 is 1. The highest BCUT2D eigenvalue weighted by molar-refractivity contribution is 7.90. The molecule has 0 saturated carbocycles. The maximum atomic E-state index is 15.2. The van der Waals surface area contributed by atoms with E-state index in [9.17, 15) is 13.2 Å². The van der Waals surface area contributed by atoms with Crippen LogP contribution in [0.15, 0.2) is 48.5 Å². The topological polar surface area (TPSA) is 88.1 Å². The first kappa shape index (κ1) is 28.0. The zero-order chi connectivity index (χ0) is 28.4. The second-order valence-electron chi connectivity index (χ2n) is 10.4. The maximum Gasteiger partial charge on any atom is 0.306 e. The normalized spacial score (nSPS) is 17.6. The van der Waals surface area contributed by atoms with Gasteiger partial charge in [-0.05, 0) is 66.6 Å². The van der Waals surface area contributed by atoms with E-state index in [4.69, 9.17) is 18.9 Å². The minimum Gasteiger partial charge on any atom is -0.493 e. The van der Waals surface area contributed by atoms with Gasteiger partial charge in [-0.3, -0.25) is 4.79 Å². The number of hydrogen-bond donors (Lipinski definition) is 0. The molecule has 3 aromatic rings. The highest BCUT2D eigenvalue weighted by atomic mass is 32.2. The molecule has 7 nitrogen and oxygen atoms in total. The second-order valence-corrected chi connectivity index (χ2v) is 12.6. The summed E-state index contributed by atoms with van der Waals surface area (Å²) < 4.78 is 60.9. The lowest BCUT2D eigenvalue weighted by atomic mass is 9.93. The van der Waals surface area contributed by atoms with Gasteiger partial charge in [-0.2, -0.15) is 0 Å². The summed E-state index contributed by atoms with van der Waals surface area (Å²) in [5.74, 6) is 1.36. The summed E-state index contributed by atoms with van der Waals surface area (Å²) in [7, 11) is -1.67. The van der Waals surface area contributed by atoms with Gasteiger partial charge < -0.3 is 18.9 Å². The molecule has 0 aromatic heterocycles. The van der Waals surface area contributed by atoms with E-state index in [0.29, 0.717) is 55.3 Å². The average molecular weight is 569 g/mol. The molecule has 5 rings (SSSR count). The first-order valence-electron chi connectivity index (χ1n) is 13.4. The van der Waals surface area contributed by atoms with Crippen molar-refractivity contribution in [3.05, 3.63) is 76.6 Å². The summed E-state index contributed by atoms with van der Waals surface area (Å²) in [6.07, 6.45) is 2.72. The van der Waals surface area contributed by atoms with Crippen molar-refractivity contribution >= 4 is 15.8 Å². The molecule has 0 saturated heterocycles. The molecule has 1 aliphatic heterocycles. The van der Waals surface area contributed by atoms with Crippen molar-refractivity contribution in [2.75, 3.05) is 32.3 Å². The second kappa shape index (κ2) is 11.5. The van der Waals surface area contributed by atoms with Crippen molar-refractivity contribution in [3.8, 4) is 28.4 Å². The number of ether oxygens (including phenoxy) is 4. The smallest absolute Gasteiger partial charge is 0.306 e. The molecule has 0 amide bonds. The van der Waals surface area contributed by atoms with Crippen molar-refractivity contribution in [2.24, 2.45) is 0 Å². The van der Waals surface area contributed by atoms with Gasteiger partial charge >= 0.3 is 5.97 Å². The van der Waals surface area contributed by atoms with Crippen molar-refractivity contribution in [3.63, 3.8) is 0 Å². The minimum atomic E-state index is -3.04. The molecule has 40 heavy (non-hydrogen) atoms. The van der Waals surface area contributed by atoms with Gasteiger partial charge in [0.2, 0.25) is 0 Å². The van der Waals surface area contributed by atoms with E-state index in [1.807, 2.05) is 37.3 Å². The molecular formula is C31H33FO7S. The SMILES string of the molecule is COC(=O)CC1COc2cc(OC3CCc4c(-c5cccc(OCCCS(C)(=O)=O)c5C)ccc(F)c43)ccc21. The van der Waals surface area contributed by atoms with E-state index in [0.717, 1.165) is 27.8 Å². The van der Waals surface area contributed by atoms with Gasteiger partial charge in [-0.1, -0.05) is 24.3 Å². The molecule has 1 heterocycles. The number of fused-ring (bicyclic) bond motifs is 2. The number of benzene rings is 3. The number of halogens is 1. The quantitative estimate of drug-likeness (QED) is 0.228.